The minimum Gasteiger partial charge on any atom is -0.467 e. The largest absolute Gasteiger partial charge is 0.467 e. The van der Waals surface area contributed by atoms with E-state index in [-0.39, 0.29) is 24.3 Å². The van der Waals surface area contributed by atoms with Crippen LogP contribution in [0.5, 0.6) is 0 Å². The summed E-state index contributed by atoms with van der Waals surface area (Å²) < 4.78 is 5.67. The number of aryl methyl sites for hydroxylation is 1. The molecule has 1 aliphatic carbocycles. The molecule has 6 heteroatoms. The number of amides is 2. The van der Waals surface area contributed by atoms with Crippen molar-refractivity contribution in [3.05, 3.63) is 76.4 Å². The zero-order valence-corrected chi connectivity index (χ0v) is 18.6. The lowest BCUT2D eigenvalue weighted by Gasteiger charge is -2.32. The molecule has 0 spiro atoms. The molecule has 3 aromatic rings. The van der Waals surface area contributed by atoms with Gasteiger partial charge in [0.1, 0.15) is 5.76 Å². The summed E-state index contributed by atoms with van der Waals surface area (Å²) in [4.78, 5) is 29.6. The van der Waals surface area contributed by atoms with E-state index in [1.165, 1.54) is 6.42 Å². The summed E-state index contributed by atoms with van der Waals surface area (Å²) in [6, 6.07) is 14.4. The van der Waals surface area contributed by atoms with Crippen molar-refractivity contribution in [2.24, 2.45) is 0 Å². The number of benzene rings is 1. The van der Waals surface area contributed by atoms with Gasteiger partial charge in [0.25, 0.3) is 5.91 Å². The summed E-state index contributed by atoms with van der Waals surface area (Å²) in [6.07, 6.45) is 7.19. The number of furan rings is 1. The summed E-state index contributed by atoms with van der Waals surface area (Å²) in [5.74, 6) is 0.141. The number of nitrogens with zero attached hydrogens (tertiary/aromatic N) is 1. The van der Waals surface area contributed by atoms with Crippen LogP contribution in [0, 0.1) is 6.92 Å². The molecule has 1 N–H and O–H groups in total. The lowest BCUT2D eigenvalue weighted by molar-refractivity contribution is -0.127. The van der Waals surface area contributed by atoms with E-state index in [1.807, 2.05) is 48.7 Å². The normalized spacial score (nSPS) is 15.4. The second-order valence-electron chi connectivity index (χ2n) is 8.12. The predicted molar refractivity (Wildman–Crippen MR) is 123 cm³/mol. The Morgan fingerprint density at radius 1 is 1.10 bits per heavy atom. The fourth-order valence-electron chi connectivity index (χ4n) is 4.14. The molecule has 4 rings (SSSR count). The maximum absolute atomic E-state index is 13.5. The summed E-state index contributed by atoms with van der Waals surface area (Å²) >= 11 is 1.54. The van der Waals surface area contributed by atoms with Crippen molar-refractivity contribution in [3.8, 4) is 0 Å². The van der Waals surface area contributed by atoms with Gasteiger partial charge in [-0.15, -0.1) is 11.3 Å². The van der Waals surface area contributed by atoms with E-state index >= 15 is 0 Å². The number of nitrogens with one attached hydrogen (secondary N) is 1. The molecule has 31 heavy (non-hydrogen) atoms. The second-order valence-corrected chi connectivity index (χ2v) is 9.15. The van der Waals surface area contributed by atoms with Gasteiger partial charge in [-0.3, -0.25) is 14.5 Å². The third kappa shape index (κ3) is 5.25. The van der Waals surface area contributed by atoms with Crippen LogP contribution in [0.15, 0.2) is 64.6 Å². The van der Waals surface area contributed by atoms with Crippen LogP contribution in [0.25, 0.3) is 0 Å². The van der Waals surface area contributed by atoms with E-state index in [0.29, 0.717) is 11.4 Å². The fraction of sp³-hybridized carbons (Fsp3) is 0.360. The van der Waals surface area contributed by atoms with E-state index in [9.17, 15) is 9.59 Å². The molecule has 2 aromatic heterocycles. The van der Waals surface area contributed by atoms with Crippen LogP contribution in [-0.4, -0.2) is 17.9 Å². The zero-order chi connectivity index (χ0) is 21.6. The Hall–Kier alpha value is -2.86. The van der Waals surface area contributed by atoms with Crippen molar-refractivity contribution < 1.29 is 14.0 Å². The van der Waals surface area contributed by atoms with Gasteiger partial charge in [0.2, 0.25) is 5.91 Å². The quantitative estimate of drug-likeness (QED) is 0.538. The average molecular weight is 437 g/mol. The Morgan fingerprint density at radius 3 is 2.52 bits per heavy atom. The molecule has 0 aliphatic heterocycles. The molecule has 1 saturated carbocycles. The van der Waals surface area contributed by atoms with Crippen molar-refractivity contribution in [1.29, 1.82) is 0 Å². The third-order valence-electron chi connectivity index (χ3n) is 5.76. The Balaban J connectivity index is 1.69. The topological polar surface area (TPSA) is 62.6 Å². The van der Waals surface area contributed by atoms with Gasteiger partial charge >= 0.3 is 0 Å². The number of thiophene rings is 1. The van der Waals surface area contributed by atoms with Gasteiger partial charge < -0.3 is 9.73 Å². The van der Waals surface area contributed by atoms with Crippen LogP contribution in [-0.2, 0) is 16.0 Å². The number of carbonyl (C=O) groups excluding carboxylic acids is 2. The molecule has 162 valence electrons. The van der Waals surface area contributed by atoms with Gasteiger partial charge in [-0.05, 0) is 55.5 Å². The second kappa shape index (κ2) is 9.96. The van der Waals surface area contributed by atoms with E-state index in [1.54, 1.807) is 34.6 Å². The van der Waals surface area contributed by atoms with Gasteiger partial charge in [0.15, 0.2) is 6.04 Å². The standard InChI is InChI=1S/C25H28N2O3S/c1-18-11-13-20(14-12-18)27(23(28)17-21-9-6-16-31-21)24(22-10-5-15-30-22)25(29)26-19-7-3-2-4-8-19/h5-6,9-16,19,24H,2-4,7-8,17H2,1H3,(H,26,29). The number of hydrogen-bond acceptors (Lipinski definition) is 4. The molecule has 0 saturated heterocycles. The van der Waals surface area contributed by atoms with Crippen LogP contribution in [0.1, 0.15) is 54.3 Å². The smallest absolute Gasteiger partial charge is 0.251 e. The molecule has 1 aliphatic rings. The maximum Gasteiger partial charge on any atom is 0.251 e. The maximum atomic E-state index is 13.5. The Kier molecular flexibility index (Phi) is 6.87. The first kappa shape index (κ1) is 21.4. The van der Waals surface area contributed by atoms with Crippen LogP contribution in [0.3, 0.4) is 0 Å². The third-order valence-corrected chi connectivity index (χ3v) is 6.63. The summed E-state index contributed by atoms with van der Waals surface area (Å²) in [5, 5.41) is 5.15. The van der Waals surface area contributed by atoms with Gasteiger partial charge in [0, 0.05) is 16.6 Å². The average Bonchev–Trinajstić information content (AvgIpc) is 3.48. The minimum atomic E-state index is -0.855. The summed E-state index contributed by atoms with van der Waals surface area (Å²) in [7, 11) is 0. The predicted octanol–water partition coefficient (Wildman–Crippen LogP) is 5.42. The summed E-state index contributed by atoms with van der Waals surface area (Å²) in [5.41, 5.74) is 1.78. The highest BCUT2D eigenvalue weighted by Crippen LogP contribution is 2.30. The highest BCUT2D eigenvalue weighted by molar-refractivity contribution is 7.10. The molecule has 1 fully saturated rings. The lowest BCUT2D eigenvalue weighted by Crippen LogP contribution is -2.47. The molecule has 2 amide bonds. The van der Waals surface area contributed by atoms with Crippen LogP contribution < -0.4 is 10.2 Å². The molecule has 1 atom stereocenters. The molecule has 0 bridgehead atoms. The van der Waals surface area contributed by atoms with Gasteiger partial charge in [0.05, 0.1) is 12.7 Å². The van der Waals surface area contributed by atoms with Crippen LogP contribution in [0.4, 0.5) is 5.69 Å². The van der Waals surface area contributed by atoms with E-state index in [4.69, 9.17) is 4.42 Å². The first-order chi connectivity index (χ1) is 15.1. The lowest BCUT2D eigenvalue weighted by atomic mass is 9.95. The molecule has 1 unspecified atom stereocenters. The van der Waals surface area contributed by atoms with E-state index in [2.05, 4.69) is 5.32 Å². The molecule has 1 aromatic carbocycles. The van der Waals surface area contributed by atoms with Crippen molar-refractivity contribution >= 4 is 28.8 Å². The minimum absolute atomic E-state index is 0.133. The molecule has 5 nitrogen and oxygen atoms in total. The van der Waals surface area contributed by atoms with Gasteiger partial charge in [-0.2, -0.15) is 0 Å². The Labute approximate surface area is 187 Å². The molecular formula is C25H28N2O3S. The SMILES string of the molecule is Cc1ccc(N(C(=O)Cc2cccs2)C(C(=O)NC2CCCCC2)c2ccco2)cc1. The molecule has 0 radical (unpaired) electrons. The van der Waals surface area contributed by atoms with Crippen molar-refractivity contribution in [2.45, 2.75) is 57.5 Å². The van der Waals surface area contributed by atoms with Crippen LogP contribution >= 0.6 is 11.3 Å². The van der Waals surface area contributed by atoms with E-state index in [0.717, 1.165) is 36.1 Å². The first-order valence-corrected chi connectivity index (χ1v) is 11.7. The van der Waals surface area contributed by atoms with Gasteiger partial charge in [-0.1, -0.05) is 43.0 Å². The van der Waals surface area contributed by atoms with Crippen molar-refractivity contribution in [2.75, 3.05) is 4.90 Å². The monoisotopic (exact) mass is 436 g/mol. The number of carbonyl (C=O) groups is 2. The zero-order valence-electron chi connectivity index (χ0n) is 17.8. The first-order valence-electron chi connectivity index (χ1n) is 10.9. The van der Waals surface area contributed by atoms with Crippen molar-refractivity contribution in [3.63, 3.8) is 0 Å². The molecule has 2 heterocycles. The number of hydrogen-bond donors (Lipinski definition) is 1. The number of rotatable bonds is 7. The highest BCUT2D eigenvalue weighted by atomic mass is 32.1. The number of anilines is 1. The van der Waals surface area contributed by atoms with Gasteiger partial charge in [-0.25, -0.2) is 0 Å². The van der Waals surface area contributed by atoms with E-state index < -0.39 is 6.04 Å². The summed E-state index contributed by atoms with van der Waals surface area (Å²) in [6.45, 7) is 2.00. The van der Waals surface area contributed by atoms with Crippen LogP contribution in [0.2, 0.25) is 0 Å². The molecular weight excluding hydrogens is 408 g/mol. The van der Waals surface area contributed by atoms with Crippen molar-refractivity contribution in [1.82, 2.24) is 5.32 Å². The fourth-order valence-corrected chi connectivity index (χ4v) is 4.83. The Bertz CT molecular complexity index is 974. The Morgan fingerprint density at radius 2 is 1.87 bits per heavy atom. The highest BCUT2D eigenvalue weighted by Gasteiger charge is 2.36.